The van der Waals surface area contributed by atoms with Gasteiger partial charge < -0.3 is 5.32 Å². The van der Waals surface area contributed by atoms with Crippen LogP contribution in [-0.4, -0.2) is 27.1 Å². The Bertz CT molecular complexity index is 981. The van der Waals surface area contributed by atoms with Crippen molar-refractivity contribution in [3.63, 3.8) is 0 Å². The Morgan fingerprint density at radius 2 is 1.81 bits per heavy atom. The molecule has 2 aromatic carbocycles. The molecule has 0 saturated carbocycles. The van der Waals surface area contributed by atoms with Gasteiger partial charge in [-0.15, -0.1) is 0 Å². The van der Waals surface area contributed by atoms with Crippen LogP contribution >= 0.6 is 0 Å². The SMILES string of the molecule is CS(=O)(=O)N(CC(=O)Nc1ccc(C#N)cc1)c1cccc(C(F)(F)F)c1. The number of anilines is 2. The number of nitrogens with zero attached hydrogens (tertiary/aromatic N) is 2. The number of alkyl halides is 3. The number of rotatable bonds is 5. The summed E-state index contributed by atoms with van der Waals surface area (Å²) in [6.45, 7) is -0.708. The quantitative estimate of drug-likeness (QED) is 0.840. The summed E-state index contributed by atoms with van der Waals surface area (Å²) in [4.78, 5) is 12.2. The molecule has 0 aliphatic heterocycles. The van der Waals surface area contributed by atoms with Crippen molar-refractivity contribution in [3.8, 4) is 6.07 Å². The van der Waals surface area contributed by atoms with Gasteiger partial charge >= 0.3 is 6.18 Å². The molecule has 2 rings (SSSR count). The third-order valence-electron chi connectivity index (χ3n) is 3.45. The van der Waals surface area contributed by atoms with Gasteiger partial charge in [-0.05, 0) is 42.5 Å². The first-order valence-electron chi connectivity index (χ1n) is 7.45. The maximum absolute atomic E-state index is 12.9. The normalized spacial score (nSPS) is 11.5. The van der Waals surface area contributed by atoms with Crippen LogP contribution in [0.1, 0.15) is 11.1 Å². The molecule has 0 heterocycles. The Kier molecular flexibility index (Phi) is 5.75. The average molecular weight is 397 g/mol. The zero-order valence-electron chi connectivity index (χ0n) is 14.0. The highest BCUT2D eigenvalue weighted by atomic mass is 32.2. The molecule has 0 spiro atoms. The number of hydrogen-bond donors (Lipinski definition) is 1. The van der Waals surface area contributed by atoms with E-state index in [0.29, 0.717) is 21.6 Å². The van der Waals surface area contributed by atoms with Crippen molar-refractivity contribution < 1.29 is 26.4 Å². The third kappa shape index (κ3) is 5.46. The predicted octanol–water partition coefficient (Wildman–Crippen LogP) is 2.98. The summed E-state index contributed by atoms with van der Waals surface area (Å²) >= 11 is 0. The van der Waals surface area contributed by atoms with Gasteiger partial charge in [0.15, 0.2) is 0 Å². The fraction of sp³-hybridized carbons (Fsp3) is 0.176. The Labute approximate surface area is 153 Å². The van der Waals surface area contributed by atoms with Gasteiger partial charge in [-0.2, -0.15) is 18.4 Å². The van der Waals surface area contributed by atoms with Crippen molar-refractivity contribution in [1.29, 1.82) is 5.26 Å². The lowest BCUT2D eigenvalue weighted by atomic mass is 10.2. The fourth-order valence-corrected chi connectivity index (χ4v) is 3.04. The number of halogens is 3. The number of benzene rings is 2. The number of nitriles is 1. The lowest BCUT2D eigenvalue weighted by Gasteiger charge is -2.22. The second kappa shape index (κ2) is 7.67. The Balaban J connectivity index is 2.25. The van der Waals surface area contributed by atoms with Crippen LogP contribution in [0.2, 0.25) is 0 Å². The van der Waals surface area contributed by atoms with E-state index in [-0.39, 0.29) is 5.69 Å². The number of sulfonamides is 1. The van der Waals surface area contributed by atoms with Gasteiger partial charge in [-0.3, -0.25) is 9.10 Å². The lowest BCUT2D eigenvalue weighted by molar-refractivity contribution is -0.137. The van der Waals surface area contributed by atoms with Gasteiger partial charge in [0, 0.05) is 5.69 Å². The largest absolute Gasteiger partial charge is 0.416 e. The van der Waals surface area contributed by atoms with Gasteiger partial charge in [0.05, 0.1) is 29.1 Å². The van der Waals surface area contributed by atoms with Crippen LogP contribution in [0.5, 0.6) is 0 Å². The second-order valence-corrected chi connectivity index (χ2v) is 7.46. The van der Waals surface area contributed by atoms with Gasteiger partial charge in [0.25, 0.3) is 0 Å². The summed E-state index contributed by atoms with van der Waals surface area (Å²) in [6.07, 6.45) is -3.85. The molecule has 27 heavy (non-hydrogen) atoms. The first kappa shape index (κ1) is 20.3. The molecule has 0 aliphatic carbocycles. The van der Waals surface area contributed by atoms with Crippen molar-refractivity contribution in [2.24, 2.45) is 0 Å². The summed E-state index contributed by atoms with van der Waals surface area (Å²) in [6, 6.07) is 11.4. The van der Waals surface area contributed by atoms with Gasteiger partial charge in [0.1, 0.15) is 6.54 Å². The lowest BCUT2D eigenvalue weighted by Crippen LogP contribution is -2.37. The maximum Gasteiger partial charge on any atom is 0.416 e. The smallest absolute Gasteiger partial charge is 0.325 e. The monoisotopic (exact) mass is 397 g/mol. The highest BCUT2D eigenvalue weighted by Gasteiger charge is 2.32. The number of hydrogen-bond acceptors (Lipinski definition) is 4. The van der Waals surface area contributed by atoms with E-state index < -0.39 is 34.2 Å². The molecule has 0 aliphatic rings. The second-order valence-electron chi connectivity index (χ2n) is 5.56. The highest BCUT2D eigenvalue weighted by molar-refractivity contribution is 7.92. The van der Waals surface area contributed by atoms with E-state index in [0.717, 1.165) is 18.4 Å². The molecule has 10 heteroatoms. The number of carbonyl (C=O) groups is 1. The predicted molar refractivity (Wildman–Crippen MR) is 93.4 cm³/mol. The van der Waals surface area contributed by atoms with Crippen LogP contribution in [0.4, 0.5) is 24.5 Å². The maximum atomic E-state index is 12.9. The third-order valence-corrected chi connectivity index (χ3v) is 4.59. The van der Waals surface area contributed by atoms with E-state index in [4.69, 9.17) is 5.26 Å². The summed E-state index contributed by atoms with van der Waals surface area (Å²) in [5.41, 5.74) is -0.616. The van der Waals surface area contributed by atoms with Crippen molar-refractivity contribution in [2.75, 3.05) is 22.4 Å². The summed E-state index contributed by atoms with van der Waals surface area (Å²) < 4.78 is 63.2. The van der Waals surface area contributed by atoms with E-state index in [2.05, 4.69) is 5.32 Å². The van der Waals surface area contributed by atoms with Crippen molar-refractivity contribution in [1.82, 2.24) is 0 Å². The molecular formula is C17H14F3N3O3S. The number of amides is 1. The number of carbonyl (C=O) groups excluding carboxylic acids is 1. The van der Waals surface area contributed by atoms with E-state index in [9.17, 15) is 26.4 Å². The van der Waals surface area contributed by atoms with Crippen LogP contribution < -0.4 is 9.62 Å². The zero-order chi connectivity index (χ0) is 20.2. The molecule has 0 bridgehead atoms. The zero-order valence-corrected chi connectivity index (χ0v) is 14.8. The summed E-state index contributed by atoms with van der Waals surface area (Å²) in [5, 5.41) is 11.2. The molecular weight excluding hydrogens is 383 g/mol. The van der Waals surface area contributed by atoms with Gasteiger partial charge in [0.2, 0.25) is 15.9 Å². The Hall–Kier alpha value is -3.06. The first-order chi connectivity index (χ1) is 12.5. The highest BCUT2D eigenvalue weighted by Crippen LogP contribution is 2.32. The topological polar surface area (TPSA) is 90.3 Å². The molecule has 0 radical (unpaired) electrons. The van der Waals surface area contributed by atoms with Crippen molar-refractivity contribution >= 4 is 27.3 Å². The minimum Gasteiger partial charge on any atom is -0.325 e. The molecule has 1 amide bonds. The van der Waals surface area contributed by atoms with Gasteiger partial charge in [-0.1, -0.05) is 6.07 Å². The van der Waals surface area contributed by atoms with Crippen molar-refractivity contribution in [2.45, 2.75) is 6.18 Å². The molecule has 2 aromatic rings. The standard InChI is InChI=1S/C17H14F3N3O3S/c1-27(25,26)23(15-4-2-3-13(9-15)17(18,19)20)11-16(24)22-14-7-5-12(10-21)6-8-14/h2-9H,11H2,1H3,(H,22,24). The van der Waals surface area contributed by atoms with E-state index in [1.165, 1.54) is 30.3 Å². The fourth-order valence-electron chi connectivity index (χ4n) is 2.20. The molecule has 0 unspecified atom stereocenters. The number of nitrogens with one attached hydrogen (secondary N) is 1. The summed E-state index contributed by atoms with van der Waals surface area (Å²) in [7, 11) is -4.02. The molecule has 0 saturated heterocycles. The summed E-state index contributed by atoms with van der Waals surface area (Å²) in [5.74, 6) is -0.748. The minimum absolute atomic E-state index is 0.276. The van der Waals surface area contributed by atoms with Gasteiger partial charge in [-0.25, -0.2) is 8.42 Å². The molecule has 0 fully saturated rings. The van der Waals surface area contributed by atoms with Crippen molar-refractivity contribution in [3.05, 3.63) is 59.7 Å². The van der Waals surface area contributed by atoms with Crippen LogP contribution in [0.3, 0.4) is 0 Å². The van der Waals surface area contributed by atoms with Crippen LogP contribution in [0, 0.1) is 11.3 Å². The van der Waals surface area contributed by atoms with E-state index >= 15 is 0 Å². The first-order valence-corrected chi connectivity index (χ1v) is 9.30. The molecule has 1 N–H and O–H groups in total. The van der Waals surface area contributed by atoms with Crippen LogP contribution in [0.25, 0.3) is 0 Å². The van der Waals surface area contributed by atoms with Crippen LogP contribution in [0.15, 0.2) is 48.5 Å². The Morgan fingerprint density at radius 1 is 1.19 bits per heavy atom. The molecule has 0 atom stereocenters. The van der Waals surface area contributed by atoms with E-state index in [1.54, 1.807) is 0 Å². The average Bonchev–Trinajstić information content (AvgIpc) is 2.59. The molecule has 0 aromatic heterocycles. The molecule has 142 valence electrons. The van der Waals surface area contributed by atoms with Crippen LogP contribution in [-0.2, 0) is 21.0 Å². The molecule has 6 nitrogen and oxygen atoms in total. The minimum atomic E-state index is -4.65. The Morgan fingerprint density at radius 3 is 2.33 bits per heavy atom. The van der Waals surface area contributed by atoms with E-state index in [1.807, 2.05) is 6.07 Å².